The first-order valence-corrected chi connectivity index (χ1v) is 20.6. The average molecular weight is 740 g/mol. The number of rotatable bonds is 1. The molecule has 1 aliphatic heterocycles. The van der Waals surface area contributed by atoms with E-state index in [1.165, 1.54) is 109 Å². The molecule has 0 saturated heterocycles. The fourth-order valence-electron chi connectivity index (χ4n) is 10.6. The van der Waals surface area contributed by atoms with E-state index in [9.17, 15) is 0 Å². The van der Waals surface area contributed by atoms with Gasteiger partial charge in [0.15, 0.2) is 0 Å². The van der Waals surface area contributed by atoms with Crippen LogP contribution in [0.2, 0.25) is 0 Å². The average Bonchev–Trinajstić information content (AvgIpc) is 3.70. The van der Waals surface area contributed by atoms with Crippen LogP contribution >= 0.6 is 11.3 Å². The second-order valence-corrected chi connectivity index (χ2v) is 16.6. The lowest BCUT2D eigenvalue weighted by Crippen LogP contribution is -2.29. The number of benzene rings is 9. The van der Waals surface area contributed by atoms with Gasteiger partial charge in [-0.05, 0) is 109 Å². The van der Waals surface area contributed by atoms with Gasteiger partial charge in [-0.3, -0.25) is 0 Å². The Morgan fingerprint density at radius 1 is 0.298 bits per heavy atom. The fourth-order valence-corrected chi connectivity index (χ4v) is 11.7. The van der Waals surface area contributed by atoms with E-state index in [-0.39, 0.29) is 0 Å². The minimum absolute atomic E-state index is 0.599. The van der Waals surface area contributed by atoms with E-state index in [0.717, 1.165) is 5.69 Å². The van der Waals surface area contributed by atoms with Crippen molar-refractivity contribution in [1.29, 1.82) is 0 Å². The highest BCUT2D eigenvalue weighted by molar-refractivity contribution is 7.25. The van der Waals surface area contributed by atoms with Gasteiger partial charge >= 0.3 is 0 Å². The summed E-state index contributed by atoms with van der Waals surface area (Å²) in [6.45, 7) is 0. The fraction of sp³-hybridized carbons (Fsp3) is 0.0182. The van der Waals surface area contributed by atoms with Crippen molar-refractivity contribution in [2.24, 2.45) is 0 Å². The van der Waals surface area contributed by atoms with E-state index < -0.39 is 5.41 Å². The number of para-hydroxylation sites is 2. The zero-order valence-corrected chi connectivity index (χ0v) is 31.7. The van der Waals surface area contributed by atoms with Gasteiger partial charge in [0.05, 0.1) is 16.8 Å². The molecule has 0 N–H and O–H groups in total. The number of nitrogens with zero attached hydrogens (tertiary/aromatic N) is 1. The molecule has 1 nitrogen and oxygen atoms in total. The molecule has 13 rings (SSSR count). The molecular weight excluding hydrogens is 707 g/mol. The third-order valence-corrected chi connectivity index (χ3v) is 14.0. The summed E-state index contributed by atoms with van der Waals surface area (Å²) >= 11 is 1.90. The van der Waals surface area contributed by atoms with E-state index in [0.29, 0.717) is 0 Å². The molecule has 2 heteroatoms. The number of thiophene rings is 1. The Hall–Kier alpha value is -7.00. The molecule has 3 aliphatic rings. The molecule has 57 heavy (non-hydrogen) atoms. The number of anilines is 3. The van der Waals surface area contributed by atoms with Crippen LogP contribution in [-0.4, -0.2) is 0 Å². The Bertz CT molecular complexity index is 3260. The van der Waals surface area contributed by atoms with Gasteiger partial charge in [-0.1, -0.05) is 158 Å². The van der Waals surface area contributed by atoms with Crippen molar-refractivity contribution in [3.8, 4) is 55.6 Å². The zero-order chi connectivity index (χ0) is 37.2. The van der Waals surface area contributed by atoms with E-state index in [4.69, 9.17) is 0 Å². The van der Waals surface area contributed by atoms with E-state index in [1.54, 1.807) is 0 Å². The summed E-state index contributed by atoms with van der Waals surface area (Å²) < 4.78 is 2.66. The molecule has 0 saturated carbocycles. The summed E-state index contributed by atoms with van der Waals surface area (Å²) in [7, 11) is 0. The number of hydrogen-bond acceptors (Lipinski definition) is 2. The van der Waals surface area contributed by atoms with Gasteiger partial charge < -0.3 is 4.90 Å². The SMILES string of the molecule is c1ccc2c(c1)-c1ccccc1N(c1ccc3c(c1)C1(c4ccccc4-c4ccccc4-3)c3ccccc3-c3cc4sc5ccccc5c4cc31)c1ccccc1-2. The first kappa shape index (κ1) is 31.2. The van der Waals surface area contributed by atoms with Crippen LogP contribution in [0.4, 0.5) is 17.1 Å². The Balaban J connectivity index is 1.20. The first-order valence-electron chi connectivity index (χ1n) is 19.8. The smallest absolute Gasteiger partial charge is 0.0726 e. The number of fused-ring (bicyclic) bond motifs is 20. The monoisotopic (exact) mass is 739 g/mol. The van der Waals surface area contributed by atoms with Gasteiger partial charge in [-0.15, -0.1) is 11.3 Å². The van der Waals surface area contributed by atoms with Crippen LogP contribution in [0.3, 0.4) is 0 Å². The van der Waals surface area contributed by atoms with Crippen molar-refractivity contribution in [3.63, 3.8) is 0 Å². The molecule has 1 spiro atoms. The minimum atomic E-state index is -0.599. The van der Waals surface area contributed by atoms with Gasteiger partial charge in [0.25, 0.3) is 0 Å². The Morgan fingerprint density at radius 3 is 1.39 bits per heavy atom. The molecule has 9 aromatic carbocycles. The summed E-state index contributed by atoms with van der Waals surface area (Å²) in [5.74, 6) is 0. The summed E-state index contributed by atoms with van der Waals surface area (Å²) in [5, 5.41) is 2.65. The summed E-state index contributed by atoms with van der Waals surface area (Å²) in [5.41, 5.74) is 20.9. The maximum atomic E-state index is 2.56. The molecule has 0 bridgehead atoms. The van der Waals surface area contributed by atoms with E-state index in [1.807, 2.05) is 11.3 Å². The highest BCUT2D eigenvalue weighted by atomic mass is 32.1. The van der Waals surface area contributed by atoms with Crippen molar-refractivity contribution in [2.75, 3.05) is 4.90 Å². The molecule has 10 aromatic rings. The van der Waals surface area contributed by atoms with Crippen LogP contribution < -0.4 is 4.90 Å². The van der Waals surface area contributed by atoms with Crippen LogP contribution in [0.5, 0.6) is 0 Å². The van der Waals surface area contributed by atoms with Crippen LogP contribution in [0, 0.1) is 0 Å². The first-order chi connectivity index (χ1) is 28.3. The lowest BCUT2D eigenvalue weighted by Gasteiger charge is -2.36. The maximum absolute atomic E-state index is 2.56. The quantitative estimate of drug-likeness (QED) is 0.162. The van der Waals surface area contributed by atoms with Crippen molar-refractivity contribution in [2.45, 2.75) is 5.41 Å². The molecule has 0 amide bonds. The Kier molecular flexibility index (Phi) is 6.31. The van der Waals surface area contributed by atoms with Crippen LogP contribution in [0.1, 0.15) is 22.3 Å². The molecule has 0 fully saturated rings. The third kappa shape index (κ3) is 4.07. The molecule has 1 atom stereocenters. The molecule has 2 aliphatic carbocycles. The highest BCUT2D eigenvalue weighted by Crippen LogP contribution is 2.63. The Morgan fingerprint density at radius 2 is 0.754 bits per heavy atom. The molecule has 2 heterocycles. The Labute approximate surface area is 335 Å². The van der Waals surface area contributed by atoms with Crippen LogP contribution in [0.15, 0.2) is 200 Å². The lowest BCUT2D eigenvalue weighted by atomic mass is 9.65. The van der Waals surface area contributed by atoms with Crippen molar-refractivity contribution >= 4 is 48.6 Å². The normalized spacial score (nSPS) is 15.4. The van der Waals surface area contributed by atoms with Crippen LogP contribution in [0.25, 0.3) is 75.8 Å². The predicted molar refractivity (Wildman–Crippen MR) is 240 cm³/mol. The second-order valence-electron chi connectivity index (χ2n) is 15.5. The highest BCUT2D eigenvalue weighted by Gasteiger charge is 2.50. The third-order valence-electron chi connectivity index (χ3n) is 12.8. The molecule has 1 unspecified atom stereocenters. The van der Waals surface area contributed by atoms with Crippen molar-refractivity contribution in [1.82, 2.24) is 0 Å². The predicted octanol–water partition coefficient (Wildman–Crippen LogP) is 15.2. The van der Waals surface area contributed by atoms with Gasteiger partial charge in [0, 0.05) is 37.0 Å². The summed E-state index contributed by atoms with van der Waals surface area (Å²) in [4.78, 5) is 2.51. The molecular formula is C55H33NS. The topological polar surface area (TPSA) is 3.24 Å². The second kappa shape index (κ2) is 11.5. The largest absolute Gasteiger partial charge is 0.309 e. The zero-order valence-electron chi connectivity index (χ0n) is 30.9. The van der Waals surface area contributed by atoms with Crippen molar-refractivity contribution < 1.29 is 0 Å². The van der Waals surface area contributed by atoms with Crippen molar-refractivity contribution in [3.05, 3.63) is 222 Å². The molecule has 264 valence electrons. The number of hydrogen-bond donors (Lipinski definition) is 0. The summed E-state index contributed by atoms with van der Waals surface area (Å²) in [6, 6.07) is 75.5. The van der Waals surface area contributed by atoms with E-state index in [2.05, 4.69) is 205 Å². The van der Waals surface area contributed by atoms with Gasteiger partial charge in [0.1, 0.15) is 0 Å². The van der Waals surface area contributed by atoms with E-state index >= 15 is 0 Å². The van der Waals surface area contributed by atoms with Gasteiger partial charge in [-0.2, -0.15) is 0 Å². The van der Waals surface area contributed by atoms with Crippen LogP contribution in [-0.2, 0) is 5.41 Å². The van der Waals surface area contributed by atoms with Gasteiger partial charge in [0.2, 0.25) is 0 Å². The lowest BCUT2D eigenvalue weighted by molar-refractivity contribution is 0.776. The maximum Gasteiger partial charge on any atom is 0.0726 e. The molecule has 1 aromatic heterocycles. The van der Waals surface area contributed by atoms with Gasteiger partial charge in [-0.25, -0.2) is 0 Å². The molecule has 0 radical (unpaired) electrons. The standard InChI is InChI=1S/C55H33NS/c1-2-16-36-35(15-1)39-19-5-10-24-47(39)55(48-25-11-6-20-40(48)45-33-54-46(32-50(45)55)44-23-9-14-28-53(44)57-54)49-31-34(29-30-41(36)49)56-51-26-12-7-21-42(51)37-17-3-4-18-38(37)43-22-8-13-27-52(43)56/h1-33H. The summed E-state index contributed by atoms with van der Waals surface area (Å²) in [6.07, 6.45) is 0. The minimum Gasteiger partial charge on any atom is -0.309 e.